The Kier molecular flexibility index (Phi) is 8.23. The van der Waals surface area contributed by atoms with E-state index in [4.69, 9.17) is 16.3 Å². The largest absolute Gasteiger partial charge is 0.483 e. The highest BCUT2D eigenvalue weighted by Gasteiger charge is 2.16. The molecule has 1 amide bonds. The summed E-state index contributed by atoms with van der Waals surface area (Å²) in [5.41, 5.74) is 0.742. The molecule has 26 heavy (non-hydrogen) atoms. The van der Waals surface area contributed by atoms with Crippen molar-refractivity contribution in [3.05, 3.63) is 28.8 Å². The van der Waals surface area contributed by atoms with Crippen molar-refractivity contribution in [2.75, 3.05) is 6.61 Å². The molecule has 0 spiro atoms. The Morgan fingerprint density at radius 3 is 2.46 bits per heavy atom. The van der Waals surface area contributed by atoms with Crippen molar-refractivity contribution in [1.82, 2.24) is 10.6 Å². The van der Waals surface area contributed by atoms with E-state index in [2.05, 4.69) is 10.6 Å². The number of ether oxygens (including phenoxy) is 1. The molecule has 1 saturated carbocycles. The van der Waals surface area contributed by atoms with Gasteiger partial charge in [0.05, 0.1) is 0 Å². The average molecular weight is 381 g/mol. The van der Waals surface area contributed by atoms with E-state index in [1.807, 2.05) is 32.9 Å². The second-order valence-corrected chi connectivity index (χ2v) is 8.70. The molecule has 0 radical (unpaired) electrons. The molecule has 146 valence electrons. The van der Waals surface area contributed by atoms with Gasteiger partial charge in [-0.3, -0.25) is 4.79 Å². The minimum absolute atomic E-state index is 0.00926. The number of halogens is 1. The van der Waals surface area contributed by atoms with E-state index in [0.717, 1.165) is 11.3 Å². The Labute approximate surface area is 163 Å². The zero-order chi connectivity index (χ0) is 19.0. The van der Waals surface area contributed by atoms with Gasteiger partial charge in [0.15, 0.2) is 6.61 Å². The lowest BCUT2D eigenvalue weighted by atomic mass is 9.96. The third kappa shape index (κ3) is 7.96. The Hall–Kier alpha value is -1.26. The molecule has 0 aromatic heterocycles. The molecule has 2 rings (SSSR count). The molecule has 1 aliphatic carbocycles. The Morgan fingerprint density at radius 2 is 1.81 bits per heavy atom. The maximum atomic E-state index is 12.0. The highest BCUT2D eigenvalue weighted by atomic mass is 35.5. The second kappa shape index (κ2) is 10.2. The van der Waals surface area contributed by atoms with Gasteiger partial charge in [0, 0.05) is 28.7 Å². The molecule has 2 N–H and O–H groups in total. The maximum absolute atomic E-state index is 12.0. The van der Waals surface area contributed by atoms with Crippen molar-refractivity contribution in [3.8, 4) is 5.75 Å². The fourth-order valence-electron chi connectivity index (χ4n) is 3.34. The number of nitrogens with one attached hydrogen (secondary N) is 2. The lowest BCUT2D eigenvalue weighted by Crippen LogP contribution is -2.43. The molecule has 4 nitrogen and oxygen atoms in total. The van der Waals surface area contributed by atoms with Crippen molar-refractivity contribution < 1.29 is 9.53 Å². The molecule has 0 atom stereocenters. The number of amides is 1. The Bertz CT molecular complexity index is 576. The molecule has 1 fully saturated rings. The van der Waals surface area contributed by atoms with Gasteiger partial charge in [-0.15, -0.1) is 0 Å². The number of hydrogen-bond donors (Lipinski definition) is 2. The van der Waals surface area contributed by atoms with Crippen LogP contribution in [0.25, 0.3) is 0 Å². The van der Waals surface area contributed by atoms with Gasteiger partial charge in [0.25, 0.3) is 5.91 Å². The van der Waals surface area contributed by atoms with Crippen LogP contribution in [0.2, 0.25) is 5.02 Å². The number of carbonyl (C=O) groups excluding carboxylic acids is 1. The van der Waals surface area contributed by atoms with E-state index in [-0.39, 0.29) is 18.1 Å². The first-order chi connectivity index (χ1) is 12.3. The van der Waals surface area contributed by atoms with Crippen molar-refractivity contribution in [3.63, 3.8) is 0 Å². The summed E-state index contributed by atoms with van der Waals surface area (Å²) in [6.45, 7) is 6.59. The van der Waals surface area contributed by atoms with Crippen LogP contribution in [-0.2, 0) is 11.3 Å². The highest BCUT2D eigenvalue weighted by Crippen LogP contribution is 2.24. The molecule has 1 aromatic rings. The Morgan fingerprint density at radius 1 is 1.15 bits per heavy atom. The maximum Gasteiger partial charge on any atom is 0.258 e. The topological polar surface area (TPSA) is 50.4 Å². The quantitative estimate of drug-likeness (QED) is 0.742. The SMILES string of the molecule is CC(C)(C)NC(=O)COc1ccc(Cl)cc1CNC1CCCCCCC1. The standard InChI is InChI=1S/C21H33ClN2O2/c1-21(2,3)24-20(25)15-26-19-12-11-17(22)13-16(19)14-23-18-9-7-5-4-6-8-10-18/h11-13,18,23H,4-10,14-15H2,1-3H3,(H,24,25). The second-order valence-electron chi connectivity index (χ2n) is 8.26. The monoisotopic (exact) mass is 380 g/mol. The van der Waals surface area contributed by atoms with Crippen molar-refractivity contribution in [2.24, 2.45) is 0 Å². The number of rotatable bonds is 6. The zero-order valence-corrected chi connectivity index (χ0v) is 17.1. The molecule has 0 heterocycles. The average Bonchev–Trinajstić information content (AvgIpc) is 2.51. The van der Waals surface area contributed by atoms with Crippen molar-refractivity contribution in [2.45, 2.75) is 83.8 Å². The van der Waals surface area contributed by atoms with E-state index in [0.29, 0.717) is 17.6 Å². The minimum atomic E-state index is -0.261. The molecule has 0 unspecified atom stereocenters. The fourth-order valence-corrected chi connectivity index (χ4v) is 3.53. The molecule has 5 heteroatoms. The van der Waals surface area contributed by atoms with Gasteiger partial charge in [-0.05, 0) is 51.8 Å². The minimum Gasteiger partial charge on any atom is -0.483 e. The van der Waals surface area contributed by atoms with Crippen LogP contribution in [0.5, 0.6) is 5.75 Å². The van der Waals surface area contributed by atoms with E-state index in [1.165, 1.54) is 44.9 Å². The van der Waals surface area contributed by atoms with Crippen molar-refractivity contribution in [1.29, 1.82) is 0 Å². The van der Waals surface area contributed by atoms with E-state index < -0.39 is 0 Å². The first-order valence-electron chi connectivity index (χ1n) is 9.79. The van der Waals surface area contributed by atoms with E-state index in [1.54, 1.807) is 6.07 Å². The summed E-state index contributed by atoms with van der Waals surface area (Å²) in [6, 6.07) is 6.13. The van der Waals surface area contributed by atoms with Gasteiger partial charge >= 0.3 is 0 Å². The van der Waals surface area contributed by atoms with Crippen LogP contribution < -0.4 is 15.4 Å². The fraction of sp³-hybridized carbons (Fsp3) is 0.667. The van der Waals surface area contributed by atoms with Gasteiger partial charge in [0.2, 0.25) is 0 Å². The zero-order valence-electron chi connectivity index (χ0n) is 16.4. The van der Waals surface area contributed by atoms with Crippen LogP contribution in [0, 0.1) is 0 Å². The van der Waals surface area contributed by atoms with Gasteiger partial charge < -0.3 is 15.4 Å². The molecule has 1 aliphatic rings. The summed E-state index contributed by atoms with van der Waals surface area (Å²) in [5.74, 6) is 0.600. The summed E-state index contributed by atoms with van der Waals surface area (Å²) in [7, 11) is 0. The summed E-state index contributed by atoms with van der Waals surface area (Å²) in [6.07, 6.45) is 9.09. The molecule has 0 aliphatic heterocycles. The van der Waals surface area contributed by atoms with E-state index in [9.17, 15) is 4.79 Å². The summed E-state index contributed by atoms with van der Waals surface area (Å²) in [4.78, 5) is 12.0. The normalized spacial score (nSPS) is 16.6. The van der Waals surface area contributed by atoms with Gasteiger partial charge in [-0.25, -0.2) is 0 Å². The summed E-state index contributed by atoms with van der Waals surface area (Å²) < 4.78 is 5.77. The number of carbonyl (C=O) groups is 1. The lowest BCUT2D eigenvalue weighted by Gasteiger charge is -2.22. The molecular weight excluding hydrogens is 348 g/mol. The highest BCUT2D eigenvalue weighted by molar-refractivity contribution is 6.30. The van der Waals surface area contributed by atoms with Crippen LogP contribution in [0.3, 0.4) is 0 Å². The summed E-state index contributed by atoms with van der Waals surface area (Å²) >= 11 is 6.17. The first-order valence-corrected chi connectivity index (χ1v) is 10.2. The lowest BCUT2D eigenvalue weighted by molar-refractivity contribution is -0.124. The predicted octanol–water partition coefficient (Wildman–Crippen LogP) is 4.84. The molecule has 0 saturated heterocycles. The van der Waals surface area contributed by atoms with Crippen LogP contribution >= 0.6 is 11.6 Å². The van der Waals surface area contributed by atoms with Gasteiger partial charge in [-0.1, -0.05) is 43.7 Å². The molecule has 0 bridgehead atoms. The number of hydrogen-bond acceptors (Lipinski definition) is 3. The van der Waals surface area contributed by atoms with Crippen LogP contribution in [0.1, 0.15) is 71.3 Å². The third-order valence-electron chi connectivity index (χ3n) is 4.58. The summed E-state index contributed by atoms with van der Waals surface area (Å²) in [5, 5.41) is 7.26. The van der Waals surface area contributed by atoms with Gasteiger partial charge in [-0.2, -0.15) is 0 Å². The molecular formula is C21H33ClN2O2. The van der Waals surface area contributed by atoms with Crippen molar-refractivity contribution >= 4 is 17.5 Å². The van der Waals surface area contributed by atoms with Crippen LogP contribution in [0.4, 0.5) is 0 Å². The number of benzene rings is 1. The molecule has 1 aromatic carbocycles. The third-order valence-corrected chi connectivity index (χ3v) is 4.82. The van der Waals surface area contributed by atoms with Crippen LogP contribution in [0.15, 0.2) is 18.2 Å². The predicted molar refractivity (Wildman–Crippen MR) is 108 cm³/mol. The van der Waals surface area contributed by atoms with E-state index >= 15 is 0 Å². The van der Waals surface area contributed by atoms with Gasteiger partial charge in [0.1, 0.15) is 5.75 Å². The van der Waals surface area contributed by atoms with Crippen LogP contribution in [-0.4, -0.2) is 24.1 Å². The Balaban J connectivity index is 1.92. The first kappa shape index (κ1) is 21.0. The smallest absolute Gasteiger partial charge is 0.258 e.